The molecule has 0 unspecified atom stereocenters. The second-order valence-electron chi connectivity index (χ2n) is 9.50. The Morgan fingerprint density at radius 3 is 2.81 bits per heavy atom. The highest BCUT2D eigenvalue weighted by Gasteiger charge is 2.22. The summed E-state index contributed by atoms with van der Waals surface area (Å²) in [6, 6.07) is 6.10. The summed E-state index contributed by atoms with van der Waals surface area (Å²) in [6.45, 7) is 1.63. The van der Waals surface area contributed by atoms with Crippen LogP contribution in [0.5, 0.6) is 17.2 Å². The van der Waals surface area contributed by atoms with E-state index in [2.05, 4.69) is 30.5 Å². The second kappa shape index (κ2) is 11.9. The maximum atomic E-state index is 13.3. The fraction of sp³-hybridized carbons (Fsp3) is 0.296. The molecule has 1 N–H and O–H groups in total. The van der Waals surface area contributed by atoms with Crippen LogP contribution in [0.2, 0.25) is 0 Å². The number of rotatable bonds is 10. The van der Waals surface area contributed by atoms with Crippen molar-refractivity contribution in [2.24, 2.45) is 7.05 Å². The van der Waals surface area contributed by atoms with Gasteiger partial charge in [-0.1, -0.05) is 0 Å². The van der Waals surface area contributed by atoms with E-state index in [1.54, 1.807) is 48.8 Å². The van der Waals surface area contributed by atoms with E-state index in [0.717, 1.165) is 32.8 Å². The monoisotopic (exact) mass is 579 g/mol. The lowest BCUT2D eigenvalue weighted by Gasteiger charge is -2.26. The first-order chi connectivity index (χ1) is 20.4. The molecule has 1 amide bonds. The summed E-state index contributed by atoms with van der Waals surface area (Å²) in [4.78, 5) is 19.7. The van der Waals surface area contributed by atoms with Crippen molar-refractivity contribution in [1.82, 2.24) is 39.1 Å². The SMILES string of the molecule is Cn1cc(NC(=O)c2cnn3cccnc23)c(-c2cc(Oc3cnn(CCN4CCOCC4)c3)ccc2OC(F)F)n1. The van der Waals surface area contributed by atoms with E-state index in [-0.39, 0.29) is 28.3 Å². The fourth-order valence-corrected chi connectivity index (χ4v) is 4.64. The summed E-state index contributed by atoms with van der Waals surface area (Å²) in [5.41, 5.74) is 1.27. The first kappa shape index (κ1) is 27.3. The summed E-state index contributed by atoms with van der Waals surface area (Å²) < 4.78 is 47.6. The molecular weight excluding hydrogens is 552 g/mol. The molecule has 0 aliphatic carbocycles. The highest BCUT2D eigenvalue weighted by Crippen LogP contribution is 2.38. The molecule has 5 aromatic rings. The Kier molecular flexibility index (Phi) is 7.74. The van der Waals surface area contributed by atoms with Gasteiger partial charge in [0.05, 0.1) is 49.6 Å². The van der Waals surface area contributed by atoms with E-state index < -0.39 is 12.5 Å². The number of aromatic nitrogens is 7. The minimum atomic E-state index is -3.08. The average Bonchev–Trinajstić information content (AvgIpc) is 3.71. The van der Waals surface area contributed by atoms with Crippen LogP contribution in [0, 0.1) is 0 Å². The van der Waals surface area contributed by atoms with Crippen LogP contribution in [0.3, 0.4) is 0 Å². The Morgan fingerprint density at radius 2 is 1.98 bits per heavy atom. The van der Waals surface area contributed by atoms with Crippen LogP contribution >= 0.6 is 0 Å². The molecule has 1 saturated heterocycles. The third kappa shape index (κ3) is 6.06. The number of hydrogen-bond donors (Lipinski definition) is 1. The molecule has 5 heterocycles. The van der Waals surface area contributed by atoms with Crippen molar-refractivity contribution >= 4 is 17.2 Å². The largest absolute Gasteiger partial charge is 0.454 e. The fourth-order valence-electron chi connectivity index (χ4n) is 4.64. The van der Waals surface area contributed by atoms with Gasteiger partial charge in [-0.25, -0.2) is 9.50 Å². The van der Waals surface area contributed by atoms with Crippen LogP contribution in [0.1, 0.15) is 10.4 Å². The summed E-state index contributed by atoms with van der Waals surface area (Å²) in [7, 11) is 1.65. The molecule has 0 atom stereocenters. The van der Waals surface area contributed by atoms with Crippen molar-refractivity contribution in [1.29, 1.82) is 0 Å². The molecule has 1 fully saturated rings. The van der Waals surface area contributed by atoms with Crippen LogP contribution in [0.15, 0.2) is 61.4 Å². The standard InChI is InChI=1S/C27H27F2N9O4/c1-35-17-22(33-26(39)21-15-32-38-6-2-5-30-25(21)38)24(34-35)20-13-18(3-4-23(20)42-27(28)29)41-19-14-31-37(16-19)8-7-36-9-11-40-12-10-36/h2-6,13-17,27H,7-12H2,1H3,(H,33,39). The maximum absolute atomic E-state index is 13.3. The molecule has 1 aliphatic rings. The first-order valence-electron chi connectivity index (χ1n) is 13.2. The molecule has 1 aromatic carbocycles. The smallest absolute Gasteiger partial charge is 0.387 e. The van der Waals surface area contributed by atoms with E-state index in [9.17, 15) is 13.6 Å². The average molecular weight is 580 g/mol. The highest BCUT2D eigenvalue weighted by molar-refractivity contribution is 6.09. The van der Waals surface area contributed by atoms with Crippen LogP contribution in [0.4, 0.5) is 14.5 Å². The van der Waals surface area contributed by atoms with Crippen molar-refractivity contribution in [3.63, 3.8) is 0 Å². The maximum Gasteiger partial charge on any atom is 0.387 e. The zero-order valence-electron chi connectivity index (χ0n) is 22.6. The minimum Gasteiger partial charge on any atom is -0.454 e. The Balaban J connectivity index is 1.24. The lowest BCUT2D eigenvalue weighted by molar-refractivity contribution is -0.0494. The van der Waals surface area contributed by atoms with Crippen molar-refractivity contribution in [3.8, 4) is 28.5 Å². The second-order valence-corrected chi connectivity index (χ2v) is 9.50. The quantitative estimate of drug-likeness (QED) is 0.265. The first-order valence-corrected chi connectivity index (χ1v) is 13.2. The zero-order chi connectivity index (χ0) is 29.1. The van der Waals surface area contributed by atoms with Gasteiger partial charge in [0.15, 0.2) is 11.4 Å². The predicted octanol–water partition coefficient (Wildman–Crippen LogP) is 3.30. The number of carbonyl (C=O) groups is 1. The number of aryl methyl sites for hydroxylation is 1. The van der Waals surface area contributed by atoms with Gasteiger partial charge in [-0.3, -0.25) is 19.1 Å². The van der Waals surface area contributed by atoms with E-state index in [1.165, 1.54) is 33.6 Å². The number of amides is 1. The normalized spacial score (nSPS) is 14.0. The van der Waals surface area contributed by atoms with E-state index >= 15 is 0 Å². The Labute approximate surface area is 238 Å². The number of nitrogens with one attached hydrogen (secondary N) is 1. The number of benzene rings is 1. The predicted molar refractivity (Wildman–Crippen MR) is 146 cm³/mol. The number of halogens is 2. The molecular formula is C27H27F2N9O4. The topological polar surface area (TPSA) is 126 Å². The third-order valence-electron chi connectivity index (χ3n) is 6.62. The lowest BCUT2D eigenvalue weighted by Crippen LogP contribution is -2.38. The number of fused-ring (bicyclic) bond motifs is 1. The van der Waals surface area contributed by atoms with Gasteiger partial charge in [-0.15, -0.1) is 0 Å². The Morgan fingerprint density at radius 1 is 1.12 bits per heavy atom. The van der Waals surface area contributed by atoms with Crippen molar-refractivity contribution < 1.29 is 27.8 Å². The molecule has 42 heavy (non-hydrogen) atoms. The summed E-state index contributed by atoms with van der Waals surface area (Å²) in [6.07, 6.45) is 9.53. The van der Waals surface area contributed by atoms with Gasteiger partial charge in [0.2, 0.25) is 0 Å². The van der Waals surface area contributed by atoms with Gasteiger partial charge >= 0.3 is 6.61 Å². The minimum absolute atomic E-state index is 0.134. The molecule has 13 nitrogen and oxygen atoms in total. The summed E-state index contributed by atoms with van der Waals surface area (Å²) in [5, 5.41) is 15.7. The van der Waals surface area contributed by atoms with Crippen molar-refractivity contribution in [2.75, 3.05) is 38.2 Å². The van der Waals surface area contributed by atoms with Gasteiger partial charge in [0, 0.05) is 45.3 Å². The van der Waals surface area contributed by atoms with Crippen molar-refractivity contribution in [3.05, 3.63) is 67.0 Å². The number of anilines is 1. The highest BCUT2D eigenvalue weighted by atomic mass is 19.3. The number of nitrogens with zero attached hydrogens (tertiary/aromatic N) is 8. The molecule has 0 spiro atoms. The van der Waals surface area contributed by atoms with Gasteiger partial charge in [-0.2, -0.15) is 24.1 Å². The zero-order valence-corrected chi connectivity index (χ0v) is 22.6. The van der Waals surface area contributed by atoms with E-state index in [4.69, 9.17) is 14.2 Å². The molecule has 0 bridgehead atoms. The van der Waals surface area contributed by atoms with Crippen molar-refractivity contribution in [2.45, 2.75) is 13.2 Å². The lowest BCUT2D eigenvalue weighted by atomic mass is 10.1. The molecule has 218 valence electrons. The van der Waals surface area contributed by atoms with Crippen LogP contribution in [-0.2, 0) is 18.3 Å². The Bertz CT molecular complexity index is 1690. The molecule has 4 aromatic heterocycles. The van der Waals surface area contributed by atoms with E-state index in [1.807, 2.05) is 0 Å². The van der Waals surface area contributed by atoms with Crippen LogP contribution in [-0.4, -0.2) is 84.4 Å². The summed E-state index contributed by atoms with van der Waals surface area (Å²) in [5.74, 6) is 0.186. The van der Waals surface area contributed by atoms with Gasteiger partial charge in [0.1, 0.15) is 22.8 Å². The molecule has 0 radical (unpaired) electrons. The van der Waals surface area contributed by atoms with Gasteiger partial charge < -0.3 is 19.5 Å². The molecule has 15 heteroatoms. The van der Waals surface area contributed by atoms with Gasteiger partial charge in [0.25, 0.3) is 5.91 Å². The van der Waals surface area contributed by atoms with Crippen LogP contribution < -0.4 is 14.8 Å². The molecule has 1 aliphatic heterocycles. The number of alkyl halides is 2. The summed E-state index contributed by atoms with van der Waals surface area (Å²) >= 11 is 0. The number of hydrogen-bond acceptors (Lipinski definition) is 9. The number of carbonyl (C=O) groups excluding carboxylic acids is 1. The van der Waals surface area contributed by atoms with Crippen LogP contribution in [0.25, 0.3) is 16.9 Å². The molecule has 0 saturated carbocycles. The number of ether oxygens (including phenoxy) is 3. The Hall–Kier alpha value is -4.89. The van der Waals surface area contributed by atoms with E-state index in [0.29, 0.717) is 23.7 Å². The van der Waals surface area contributed by atoms with Gasteiger partial charge in [-0.05, 0) is 24.3 Å². The molecule has 6 rings (SSSR count). The number of morpholine rings is 1. The third-order valence-corrected chi connectivity index (χ3v) is 6.62.